The number of hydrogen-bond donors (Lipinski definition) is 4. The van der Waals surface area contributed by atoms with Gasteiger partial charge in [-0.05, 0) is 69.3 Å². The SMILES string of the molecule is NCCCNCCCCCCCCCC(=O)[C@@H](N)CCCCNC(=O)C(c1ccccc1)c1ccccc1. The third kappa shape index (κ3) is 13.3. The molecule has 0 saturated heterocycles. The lowest BCUT2D eigenvalue weighted by atomic mass is 9.90. The summed E-state index contributed by atoms with van der Waals surface area (Å²) in [6, 6.07) is 19.3. The average Bonchev–Trinajstić information content (AvgIpc) is 2.94. The first-order valence-electron chi connectivity index (χ1n) is 14.7. The second-order valence-corrected chi connectivity index (χ2v) is 10.2. The lowest BCUT2D eigenvalue weighted by molar-refractivity contribution is -0.122. The molecule has 0 saturated carbocycles. The highest BCUT2D eigenvalue weighted by atomic mass is 16.2. The molecule has 0 aliphatic rings. The van der Waals surface area contributed by atoms with E-state index in [9.17, 15) is 9.59 Å². The van der Waals surface area contributed by atoms with E-state index >= 15 is 0 Å². The molecule has 1 amide bonds. The number of rotatable bonds is 22. The van der Waals surface area contributed by atoms with Crippen molar-refractivity contribution in [2.45, 2.75) is 89.0 Å². The summed E-state index contributed by atoms with van der Waals surface area (Å²) in [4.78, 5) is 25.4. The zero-order valence-electron chi connectivity index (χ0n) is 23.2. The summed E-state index contributed by atoms with van der Waals surface area (Å²) in [5.41, 5.74) is 13.6. The second-order valence-electron chi connectivity index (χ2n) is 10.2. The minimum Gasteiger partial charge on any atom is -0.355 e. The van der Waals surface area contributed by atoms with Gasteiger partial charge in [-0.15, -0.1) is 0 Å². The van der Waals surface area contributed by atoms with Gasteiger partial charge in [-0.3, -0.25) is 9.59 Å². The molecular weight excluding hydrogens is 472 g/mol. The van der Waals surface area contributed by atoms with Crippen molar-refractivity contribution in [3.05, 3.63) is 71.8 Å². The quantitative estimate of drug-likeness (QED) is 0.162. The first-order valence-corrected chi connectivity index (χ1v) is 14.7. The molecule has 1 atom stereocenters. The van der Waals surface area contributed by atoms with Crippen molar-refractivity contribution in [3.63, 3.8) is 0 Å². The fraction of sp³-hybridized carbons (Fsp3) is 0.562. The average molecular weight is 523 g/mol. The van der Waals surface area contributed by atoms with Gasteiger partial charge in [0, 0.05) is 13.0 Å². The Hall–Kier alpha value is -2.54. The van der Waals surface area contributed by atoms with Crippen molar-refractivity contribution >= 4 is 11.7 Å². The summed E-state index contributed by atoms with van der Waals surface area (Å²) in [6.45, 7) is 3.44. The summed E-state index contributed by atoms with van der Waals surface area (Å²) in [5, 5.41) is 6.50. The zero-order chi connectivity index (χ0) is 27.3. The van der Waals surface area contributed by atoms with Gasteiger partial charge in [0.15, 0.2) is 0 Å². The van der Waals surface area contributed by atoms with Crippen LogP contribution in [0.5, 0.6) is 0 Å². The summed E-state index contributed by atoms with van der Waals surface area (Å²) >= 11 is 0. The fourth-order valence-corrected chi connectivity index (χ4v) is 4.72. The van der Waals surface area contributed by atoms with Crippen molar-refractivity contribution in [1.29, 1.82) is 0 Å². The van der Waals surface area contributed by atoms with Gasteiger partial charge in [0.1, 0.15) is 5.78 Å². The number of benzene rings is 2. The number of nitrogens with one attached hydrogen (secondary N) is 2. The third-order valence-corrected chi connectivity index (χ3v) is 7.02. The molecule has 6 heteroatoms. The minimum atomic E-state index is -0.390. The molecule has 2 aromatic rings. The molecule has 6 N–H and O–H groups in total. The third-order valence-electron chi connectivity index (χ3n) is 7.02. The molecule has 0 aliphatic heterocycles. The summed E-state index contributed by atoms with van der Waals surface area (Å²) in [6.07, 6.45) is 12.2. The van der Waals surface area contributed by atoms with Crippen LogP contribution in [0, 0.1) is 0 Å². The van der Waals surface area contributed by atoms with E-state index in [1.54, 1.807) is 0 Å². The van der Waals surface area contributed by atoms with Gasteiger partial charge in [-0.1, -0.05) is 92.8 Å². The molecule has 210 valence electrons. The largest absolute Gasteiger partial charge is 0.355 e. The first-order chi connectivity index (χ1) is 18.6. The Morgan fingerprint density at radius 2 is 1.18 bits per heavy atom. The summed E-state index contributed by atoms with van der Waals surface area (Å²) in [7, 11) is 0. The van der Waals surface area contributed by atoms with Crippen LogP contribution < -0.4 is 22.1 Å². The highest BCUT2D eigenvalue weighted by molar-refractivity contribution is 5.87. The van der Waals surface area contributed by atoms with Crippen LogP contribution in [0.3, 0.4) is 0 Å². The predicted octanol–water partition coefficient (Wildman–Crippen LogP) is 5.06. The van der Waals surface area contributed by atoms with Gasteiger partial charge < -0.3 is 22.1 Å². The summed E-state index contributed by atoms with van der Waals surface area (Å²) in [5.74, 6) is -0.155. The highest BCUT2D eigenvalue weighted by Crippen LogP contribution is 2.24. The number of unbranched alkanes of at least 4 members (excludes halogenated alkanes) is 7. The normalized spacial score (nSPS) is 12.0. The number of amides is 1. The Balaban J connectivity index is 1.53. The highest BCUT2D eigenvalue weighted by Gasteiger charge is 2.22. The van der Waals surface area contributed by atoms with Gasteiger partial charge in [-0.25, -0.2) is 0 Å². The van der Waals surface area contributed by atoms with E-state index in [2.05, 4.69) is 10.6 Å². The predicted molar refractivity (Wildman–Crippen MR) is 158 cm³/mol. The first kappa shape index (κ1) is 31.7. The van der Waals surface area contributed by atoms with Gasteiger partial charge in [0.05, 0.1) is 12.0 Å². The number of carbonyl (C=O) groups excluding carboxylic acids is 2. The molecular formula is C32H50N4O2. The Morgan fingerprint density at radius 3 is 1.79 bits per heavy atom. The van der Waals surface area contributed by atoms with Crippen LogP contribution >= 0.6 is 0 Å². The monoisotopic (exact) mass is 522 g/mol. The van der Waals surface area contributed by atoms with Gasteiger partial charge in [0.2, 0.25) is 5.91 Å². The standard InChI is InChI=1S/C32H50N4O2/c33-23-16-25-35-24-14-5-3-1-2-4-12-22-30(37)29(34)21-13-15-26-36-32(38)31(27-17-8-6-9-18-27)28-19-10-7-11-20-28/h6-11,17-20,29,31,35H,1-5,12-16,21-26,33-34H2,(H,36,38)/t29-/m0/s1. The van der Waals surface area contributed by atoms with Crippen molar-refractivity contribution in [3.8, 4) is 0 Å². The Labute approximate surface area is 230 Å². The Kier molecular flexibility index (Phi) is 17.0. The van der Waals surface area contributed by atoms with Gasteiger partial charge >= 0.3 is 0 Å². The topological polar surface area (TPSA) is 110 Å². The van der Waals surface area contributed by atoms with E-state index in [1.807, 2.05) is 60.7 Å². The number of carbonyl (C=O) groups is 2. The van der Waals surface area contributed by atoms with E-state index in [0.717, 1.165) is 62.9 Å². The van der Waals surface area contributed by atoms with E-state index in [0.29, 0.717) is 19.4 Å². The van der Waals surface area contributed by atoms with Crippen LogP contribution in [-0.2, 0) is 9.59 Å². The smallest absolute Gasteiger partial charge is 0.232 e. The fourth-order valence-electron chi connectivity index (χ4n) is 4.72. The minimum absolute atomic E-state index is 0.00181. The number of nitrogens with two attached hydrogens (primary N) is 2. The van der Waals surface area contributed by atoms with Crippen LogP contribution in [0.2, 0.25) is 0 Å². The molecule has 0 heterocycles. The molecule has 0 radical (unpaired) electrons. The van der Waals surface area contributed by atoms with Crippen LogP contribution in [0.4, 0.5) is 0 Å². The van der Waals surface area contributed by atoms with Gasteiger partial charge in [0.25, 0.3) is 0 Å². The maximum atomic E-state index is 13.0. The molecule has 0 bridgehead atoms. The van der Waals surface area contributed by atoms with Crippen LogP contribution in [0.15, 0.2) is 60.7 Å². The number of ketones is 1. The van der Waals surface area contributed by atoms with E-state index < -0.39 is 0 Å². The van der Waals surface area contributed by atoms with E-state index in [-0.39, 0.29) is 23.7 Å². The second kappa shape index (κ2) is 20.4. The molecule has 0 aromatic heterocycles. The number of hydrogen-bond acceptors (Lipinski definition) is 5. The van der Waals surface area contributed by atoms with Crippen molar-refractivity contribution < 1.29 is 9.59 Å². The molecule has 0 unspecified atom stereocenters. The Morgan fingerprint density at radius 1 is 0.658 bits per heavy atom. The van der Waals surface area contributed by atoms with Gasteiger partial charge in [-0.2, -0.15) is 0 Å². The maximum Gasteiger partial charge on any atom is 0.232 e. The molecule has 0 fully saturated rings. The molecule has 2 rings (SSSR count). The summed E-state index contributed by atoms with van der Waals surface area (Å²) < 4.78 is 0. The lowest BCUT2D eigenvalue weighted by Gasteiger charge is -2.18. The van der Waals surface area contributed by atoms with Crippen molar-refractivity contribution in [1.82, 2.24) is 10.6 Å². The number of Topliss-reactive ketones (excluding diaryl/α,β-unsaturated/α-hetero) is 1. The van der Waals surface area contributed by atoms with E-state index in [1.165, 1.54) is 32.1 Å². The maximum absolute atomic E-state index is 13.0. The molecule has 0 aliphatic carbocycles. The lowest BCUT2D eigenvalue weighted by Crippen LogP contribution is -2.32. The molecule has 6 nitrogen and oxygen atoms in total. The Bertz CT molecular complexity index is 836. The zero-order valence-corrected chi connectivity index (χ0v) is 23.2. The van der Waals surface area contributed by atoms with Crippen molar-refractivity contribution in [2.75, 3.05) is 26.2 Å². The van der Waals surface area contributed by atoms with Crippen LogP contribution in [0.1, 0.15) is 94.1 Å². The molecule has 0 spiro atoms. The molecule has 38 heavy (non-hydrogen) atoms. The van der Waals surface area contributed by atoms with Crippen LogP contribution in [0.25, 0.3) is 0 Å². The molecule has 2 aromatic carbocycles. The van der Waals surface area contributed by atoms with Crippen LogP contribution in [-0.4, -0.2) is 43.9 Å². The van der Waals surface area contributed by atoms with Crippen molar-refractivity contribution in [2.24, 2.45) is 11.5 Å². The van der Waals surface area contributed by atoms with E-state index in [4.69, 9.17) is 11.5 Å².